The van der Waals surface area contributed by atoms with Crippen LogP contribution in [-0.2, 0) is 17.8 Å². The number of hydrogen-bond acceptors (Lipinski definition) is 3. The first-order chi connectivity index (χ1) is 15.9. The molecule has 33 heavy (non-hydrogen) atoms. The normalized spacial score (nSPS) is 15.8. The molecule has 1 aliphatic heterocycles. The lowest BCUT2D eigenvalue weighted by atomic mass is 9.72. The molecule has 1 saturated heterocycles. The lowest BCUT2D eigenvalue weighted by Crippen LogP contribution is -2.45. The molecule has 4 heteroatoms. The second-order valence-electron chi connectivity index (χ2n) is 9.33. The van der Waals surface area contributed by atoms with Crippen molar-refractivity contribution in [2.45, 2.75) is 39.7 Å². The zero-order chi connectivity index (χ0) is 23.4. The minimum Gasteiger partial charge on any atom is -0.496 e. The van der Waals surface area contributed by atoms with Gasteiger partial charge in [0.15, 0.2) is 0 Å². The third kappa shape index (κ3) is 4.96. The monoisotopic (exact) mass is 443 g/mol. The van der Waals surface area contributed by atoms with Crippen molar-refractivity contribution in [1.82, 2.24) is 4.90 Å². The summed E-state index contributed by atoms with van der Waals surface area (Å²) in [5.41, 5.74) is 6.30. The van der Waals surface area contributed by atoms with Gasteiger partial charge in [0.1, 0.15) is 5.75 Å². The Labute approximate surface area is 196 Å². The van der Waals surface area contributed by atoms with Crippen LogP contribution < -0.4 is 4.74 Å². The fraction of sp³-hybridized carbons (Fsp3) is 0.345. The highest BCUT2D eigenvalue weighted by atomic mass is 16.5. The molecule has 1 fully saturated rings. The van der Waals surface area contributed by atoms with E-state index in [1.165, 1.54) is 16.7 Å². The zero-order valence-corrected chi connectivity index (χ0v) is 19.8. The number of rotatable bonds is 7. The summed E-state index contributed by atoms with van der Waals surface area (Å²) in [7, 11) is 1.69. The number of carboxylic acid groups (broad SMARTS) is 1. The zero-order valence-electron chi connectivity index (χ0n) is 19.8. The molecule has 4 nitrogen and oxygen atoms in total. The predicted octanol–water partition coefficient (Wildman–Crippen LogP) is 5.89. The summed E-state index contributed by atoms with van der Waals surface area (Å²) in [5.74, 6) is 0.199. The molecule has 0 aromatic heterocycles. The number of nitrogens with zero attached hydrogens (tertiary/aromatic N) is 1. The van der Waals surface area contributed by atoms with E-state index in [4.69, 9.17) is 4.74 Å². The van der Waals surface area contributed by atoms with Crippen LogP contribution in [0.4, 0.5) is 0 Å². The molecule has 3 aromatic carbocycles. The van der Waals surface area contributed by atoms with Crippen molar-refractivity contribution in [2.24, 2.45) is 5.41 Å². The van der Waals surface area contributed by atoms with Gasteiger partial charge in [-0.2, -0.15) is 0 Å². The van der Waals surface area contributed by atoms with Gasteiger partial charge in [0.25, 0.3) is 0 Å². The quantitative estimate of drug-likeness (QED) is 0.495. The number of ether oxygens (including phenoxy) is 1. The molecule has 0 spiro atoms. The van der Waals surface area contributed by atoms with Gasteiger partial charge in [-0.3, -0.25) is 9.69 Å². The molecule has 3 aromatic rings. The summed E-state index contributed by atoms with van der Waals surface area (Å²) in [6.07, 6.45) is 1.83. The molecule has 1 aliphatic rings. The Hall–Kier alpha value is -3.11. The number of piperidine rings is 1. The standard InChI is InChI=1S/C29H33NO3/c1-21-12-13-25(22(2)18-21)26-10-6-4-8-23(26)19-29(28(31)32)14-16-30(17-15-29)20-24-9-5-7-11-27(24)33-3/h4-13,18H,14-17,19-20H2,1-3H3,(H,31,32). The third-order valence-corrected chi connectivity index (χ3v) is 7.07. The van der Waals surface area contributed by atoms with Gasteiger partial charge >= 0.3 is 5.97 Å². The number of methoxy groups -OCH3 is 1. The van der Waals surface area contributed by atoms with Crippen LogP contribution in [0.2, 0.25) is 0 Å². The summed E-state index contributed by atoms with van der Waals surface area (Å²) in [6.45, 7) is 6.52. The minimum absolute atomic E-state index is 0.550. The number of para-hydroxylation sites is 1. The van der Waals surface area contributed by atoms with E-state index >= 15 is 0 Å². The summed E-state index contributed by atoms with van der Waals surface area (Å²) in [4.78, 5) is 14.9. The Morgan fingerprint density at radius 1 is 0.939 bits per heavy atom. The van der Waals surface area contributed by atoms with E-state index in [1.807, 2.05) is 30.3 Å². The molecule has 0 unspecified atom stereocenters. The number of likely N-dealkylation sites (tertiary alicyclic amines) is 1. The number of aliphatic carboxylic acids is 1. The maximum absolute atomic E-state index is 12.6. The molecule has 1 N–H and O–H groups in total. The molecule has 172 valence electrons. The number of carboxylic acids is 1. The van der Waals surface area contributed by atoms with Crippen molar-refractivity contribution in [3.63, 3.8) is 0 Å². The van der Waals surface area contributed by atoms with Crippen LogP contribution in [0.5, 0.6) is 5.75 Å². The number of aryl methyl sites for hydroxylation is 2. The summed E-state index contributed by atoms with van der Waals surface area (Å²) >= 11 is 0. The van der Waals surface area contributed by atoms with E-state index < -0.39 is 11.4 Å². The fourth-order valence-electron chi connectivity index (χ4n) is 5.10. The van der Waals surface area contributed by atoms with E-state index in [0.29, 0.717) is 19.3 Å². The highest BCUT2D eigenvalue weighted by molar-refractivity contribution is 5.77. The van der Waals surface area contributed by atoms with Gasteiger partial charge in [-0.05, 0) is 74.5 Å². The smallest absolute Gasteiger partial charge is 0.310 e. The van der Waals surface area contributed by atoms with Crippen molar-refractivity contribution in [1.29, 1.82) is 0 Å². The topological polar surface area (TPSA) is 49.8 Å². The summed E-state index contributed by atoms with van der Waals surface area (Å²) < 4.78 is 5.50. The van der Waals surface area contributed by atoms with Gasteiger partial charge < -0.3 is 9.84 Å². The molecule has 0 aliphatic carbocycles. The van der Waals surface area contributed by atoms with Gasteiger partial charge in [0, 0.05) is 12.1 Å². The van der Waals surface area contributed by atoms with Crippen molar-refractivity contribution < 1.29 is 14.6 Å². The van der Waals surface area contributed by atoms with Gasteiger partial charge in [0.2, 0.25) is 0 Å². The largest absolute Gasteiger partial charge is 0.496 e. The predicted molar refractivity (Wildman–Crippen MR) is 133 cm³/mol. The second-order valence-corrected chi connectivity index (χ2v) is 9.33. The van der Waals surface area contributed by atoms with Crippen molar-refractivity contribution in [3.05, 3.63) is 89.0 Å². The summed E-state index contributed by atoms with van der Waals surface area (Å²) in [5, 5.41) is 10.3. The Bertz CT molecular complexity index is 1130. The van der Waals surface area contributed by atoms with Crippen molar-refractivity contribution in [3.8, 4) is 16.9 Å². The maximum atomic E-state index is 12.6. The van der Waals surface area contributed by atoms with E-state index in [9.17, 15) is 9.90 Å². The Balaban J connectivity index is 1.55. The first-order valence-electron chi connectivity index (χ1n) is 11.6. The SMILES string of the molecule is COc1ccccc1CN1CCC(Cc2ccccc2-c2ccc(C)cc2C)(C(=O)O)CC1. The molecule has 0 saturated carbocycles. The van der Waals surface area contributed by atoms with Gasteiger partial charge in [0.05, 0.1) is 12.5 Å². The lowest BCUT2D eigenvalue weighted by Gasteiger charge is -2.39. The first-order valence-corrected chi connectivity index (χ1v) is 11.6. The van der Waals surface area contributed by atoms with Crippen LogP contribution in [0, 0.1) is 19.3 Å². The van der Waals surface area contributed by atoms with Crippen molar-refractivity contribution >= 4 is 5.97 Å². The number of carbonyl (C=O) groups is 1. The first kappa shape index (κ1) is 23.1. The molecule has 0 radical (unpaired) electrons. The lowest BCUT2D eigenvalue weighted by molar-refractivity contribution is -0.152. The van der Waals surface area contributed by atoms with Crippen LogP contribution in [-0.4, -0.2) is 36.2 Å². The van der Waals surface area contributed by atoms with Crippen LogP contribution in [0.15, 0.2) is 66.7 Å². The highest BCUT2D eigenvalue weighted by Crippen LogP contribution is 2.39. The maximum Gasteiger partial charge on any atom is 0.310 e. The van der Waals surface area contributed by atoms with Crippen LogP contribution >= 0.6 is 0 Å². The van der Waals surface area contributed by atoms with E-state index in [2.05, 4.69) is 55.1 Å². The summed E-state index contributed by atoms with van der Waals surface area (Å²) in [6, 6.07) is 22.8. The third-order valence-electron chi connectivity index (χ3n) is 7.07. The van der Waals surface area contributed by atoms with Crippen molar-refractivity contribution in [2.75, 3.05) is 20.2 Å². The molecule has 0 bridgehead atoms. The van der Waals surface area contributed by atoms with E-state index in [0.717, 1.165) is 42.1 Å². The second kappa shape index (κ2) is 9.80. The van der Waals surface area contributed by atoms with E-state index in [-0.39, 0.29) is 0 Å². The molecule has 1 heterocycles. The molecule has 4 rings (SSSR count). The molecular weight excluding hydrogens is 410 g/mol. The molecule has 0 atom stereocenters. The Morgan fingerprint density at radius 2 is 1.61 bits per heavy atom. The van der Waals surface area contributed by atoms with E-state index in [1.54, 1.807) is 7.11 Å². The highest BCUT2D eigenvalue weighted by Gasteiger charge is 2.42. The van der Waals surface area contributed by atoms with Crippen LogP contribution in [0.1, 0.15) is 35.1 Å². The van der Waals surface area contributed by atoms with Crippen LogP contribution in [0.25, 0.3) is 11.1 Å². The van der Waals surface area contributed by atoms with Gasteiger partial charge in [-0.1, -0.05) is 66.2 Å². The molecule has 0 amide bonds. The van der Waals surface area contributed by atoms with Gasteiger partial charge in [-0.25, -0.2) is 0 Å². The average Bonchev–Trinajstić information content (AvgIpc) is 2.81. The number of benzene rings is 3. The fourth-order valence-corrected chi connectivity index (χ4v) is 5.10. The Morgan fingerprint density at radius 3 is 2.27 bits per heavy atom. The molecular formula is C29H33NO3. The Kier molecular flexibility index (Phi) is 6.85. The minimum atomic E-state index is -0.744. The average molecular weight is 444 g/mol. The van der Waals surface area contributed by atoms with Gasteiger partial charge in [-0.15, -0.1) is 0 Å². The van der Waals surface area contributed by atoms with Crippen LogP contribution in [0.3, 0.4) is 0 Å². The number of hydrogen-bond donors (Lipinski definition) is 1.